The van der Waals surface area contributed by atoms with E-state index < -0.39 is 18.0 Å². The molecule has 3 atom stereocenters. The summed E-state index contributed by atoms with van der Waals surface area (Å²) in [6.45, 7) is 1.98. The smallest absolute Gasteiger partial charge is 0.352 e. The quantitative estimate of drug-likeness (QED) is 0.705. The highest BCUT2D eigenvalue weighted by Crippen LogP contribution is 2.46. The molecular formula is C16H18N2O4. The van der Waals surface area contributed by atoms with Crippen molar-refractivity contribution in [2.24, 2.45) is 11.7 Å². The number of aliphatic carboxylic acids is 1. The fourth-order valence-electron chi connectivity index (χ4n) is 3.37. The number of carboxylic acid groups (broad SMARTS) is 1. The lowest BCUT2D eigenvalue weighted by molar-refractivity contribution is -0.161. The van der Waals surface area contributed by atoms with Crippen LogP contribution in [0.1, 0.15) is 24.5 Å². The normalized spacial score (nSPS) is 25.0. The van der Waals surface area contributed by atoms with Gasteiger partial charge < -0.3 is 20.8 Å². The Kier molecular flexibility index (Phi) is 3.50. The van der Waals surface area contributed by atoms with Crippen molar-refractivity contribution in [1.29, 1.82) is 0 Å². The molecule has 1 fully saturated rings. The van der Waals surface area contributed by atoms with Gasteiger partial charge in [-0.3, -0.25) is 4.79 Å². The molecule has 2 aliphatic rings. The molecule has 22 heavy (non-hydrogen) atoms. The fraction of sp³-hybridized carbons (Fsp3) is 0.375. The van der Waals surface area contributed by atoms with Gasteiger partial charge in [0.1, 0.15) is 5.70 Å². The number of aliphatic hydroxyl groups excluding tert-OH is 1. The van der Waals surface area contributed by atoms with Gasteiger partial charge in [-0.2, -0.15) is 0 Å². The molecule has 0 radical (unpaired) electrons. The SMILES string of the molecule is C[C@@H](O)[C@H]1C(=O)N2C(C(=O)O)=C(c3ccc(CN)cc3)C[C@H]12. The molecule has 3 rings (SSSR count). The third-order valence-electron chi connectivity index (χ3n) is 4.47. The first-order valence-electron chi connectivity index (χ1n) is 7.22. The third kappa shape index (κ3) is 2.03. The lowest BCUT2D eigenvalue weighted by Gasteiger charge is -2.44. The Bertz CT molecular complexity index is 663. The maximum Gasteiger partial charge on any atom is 0.352 e. The Morgan fingerprint density at radius 1 is 1.41 bits per heavy atom. The molecule has 0 saturated carbocycles. The van der Waals surface area contributed by atoms with E-state index >= 15 is 0 Å². The predicted molar refractivity (Wildman–Crippen MR) is 79.3 cm³/mol. The van der Waals surface area contributed by atoms with E-state index in [0.717, 1.165) is 11.1 Å². The van der Waals surface area contributed by atoms with Gasteiger partial charge in [0.05, 0.1) is 18.1 Å². The molecule has 1 aromatic carbocycles. The number of hydrogen-bond acceptors (Lipinski definition) is 4. The van der Waals surface area contributed by atoms with Crippen LogP contribution in [0, 0.1) is 5.92 Å². The summed E-state index contributed by atoms with van der Waals surface area (Å²) >= 11 is 0. The van der Waals surface area contributed by atoms with E-state index in [4.69, 9.17) is 5.73 Å². The van der Waals surface area contributed by atoms with Gasteiger partial charge in [-0.15, -0.1) is 0 Å². The Morgan fingerprint density at radius 2 is 2.05 bits per heavy atom. The number of hydrogen-bond donors (Lipinski definition) is 3. The van der Waals surface area contributed by atoms with Gasteiger partial charge in [0.15, 0.2) is 0 Å². The number of aliphatic hydroxyl groups is 1. The van der Waals surface area contributed by atoms with Crippen LogP contribution in [0.4, 0.5) is 0 Å². The highest BCUT2D eigenvalue weighted by molar-refractivity contribution is 6.06. The van der Waals surface area contributed by atoms with Crippen LogP contribution in [-0.2, 0) is 16.1 Å². The highest BCUT2D eigenvalue weighted by Gasteiger charge is 2.56. The van der Waals surface area contributed by atoms with Gasteiger partial charge in [0.2, 0.25) is 5.91 Å². The number of carbonyl (C=O) groups excluding carboxylic acids is 1. The number of β-lactam (4-membered cyclic amide) rings is 1. The Balaban J connectivity index is 1.99. The van der Waals surface area contributed by atoms with Gasteiger partial charge in [-0.1, -0.05) is 24.3 Å². The van der Waals surface area contributed by atoms with E-state index in [1.165, 1.54) is 4.90 Å². The summed E-state index contributed by atoms with van der Waals surface area (Å²) in [5.74, 6) is -1.95. The molecular weight excluding hydrogens is 284 g/mol. The lowest BCUT2D eigenvalue weighted by atomic mass is 9.82. The van der Waals surface area contributed by atoms with Crippen molar-refractivity contribution >= 4 is 17.4 Å². The van der Waals surface area contributed by atoms with Gasteiger partial charge in [0, 0.05) is 6.54 Å². The largest absolute Gasteiger partial charge is 0.477 e. The Hall–Kier alpha value is -2.18. The maximum atomic E-state index is 12.1. The zero-order valence-electron chi connectivity index (χ0n) is 12.2. The third-order valence-corrected chi connectivity index (χ3v) is 4.47. The molecule has 0 aliphatic carbocycles. The number of carbonyl (C=O) groups is 2. The van der Waals surface area contributed by atoms with E-state index in [2.05, 4.69) is 0 Å². The minimum absolute atomic E-state index is 0.0346. The van der Waals surface area contributed by atoms with Gasteiger partial charge in [-0.05, 0) is 30.0 Å². The van der Waals surface area contributed by atoms with Gasteiger partial charge in [0.25, 0.3) is 0 Å². The topological polar surface area (TPSA) is 104 Å². The molecule has 2 aliphatic heterocycles. The van der Waals surface area contributed by atoms with Crippen LogP contribution in [0.15, 0.2) is 30.0 Å². The molecule has 0 spiro atoms. The summed E-state index contributed by atoms with van der Waals surface area (Å²) in [4.78, 5) is 25.0. The van der Waals surface area contributed by atoms with E-state index in [1.54, 1.807) is 6.92 Å². The molecule has 0 bridgehead atoms. The monoisotopic (exact) mass is 302 g/mol. The average molecular weight is 302 g/mol. The van der Waals surface area contributed by atoms with Crippen molar-refractivity contribution < 1.29 is 19.8 Å². The molecule has 2 heterocycles. The molecule has 0 aromatic heterocycles. The number of benzene rings is 1. The first-order chi connectivity index (χ1) is 10.5. The van der Waals surface area contributed by atoms with Crippen molar-refractivity contribution in [3.05, 3.63) is 41.1 Å². The second kappa shape index (κ2) is 5.23. The van der Waals surface area contributed by atoms with Crippen LogP contribution in [0.2, 0.25) is 0 Å². The van der Waals surface area contributed by atoms with Crippen LogP contribution in [0.25, 0.3) is 5.57 Å². The molecule has 6 nitrogen and oxygen atoms in total. The van der Waals surface area contributed by atoms with E-state index in [1.807, 2.05) is 24.3 Å². The minimum Gasteiger partial charge on any atom is -0.477 e. The summed E-state index contributed by atoms with van der Waals surface area (Å²) in [5.41, 5.74) is 7.97. The van der Waals surface area contributed by atoms with Crippen molar-refractivity contribution in [2.75, 3.05) is 0 Å². The Morgan fingerprint density at radius 3 is 2.55 bits per heavy atom. The van der Waals surface area contributed by atoms with Crippen molar-refractivity contribution in [3.8, 4) is 0 Å². The number of carboxylic acids is 1. The van der Waals surface area contributed by atoms with E-state index in [9.17, 15) is 19.8 Å². The van der Waals surface area contributed by atoms with Crippen LogP contribution >= 0.6 is 0 Å². The first-order valence-corrected chi connectivity index (χ1v) is 7.22. The number of fused-ring (bicyclic) bond motifs is 1. The zero-order valence-corrected chi connectivity index (χ0v) is 12.2. The highest BCUT2D eigenvalue weighted by atomic mass is 16.4. The second-order valence-corrected chi connectivity index (χ2v) is 5.78. The van der Waals surface area contributed by atoms with Gasteiger partial charge >= 0.3 is 5.97 Å². The average Bonchev–Trinajstić information content (AvgIpc) is 2.82. The Labute approximate surface area is 127 Å². The van der Waals surface area contributed by atoms with E-state index in [-0.39, 0.29) is 17.6 Å². The lowest BCUT2D eigenvalue weighted by Crippen LogP contribution is -2.61. The van der Waals surface area contributed by atoms with E-state index in [0.29, 0.717) is 18.5 Å². The second-order valence-electron chi connectivity index (χ2n) is 5.78. The van der Waals surface area contributed by atoms with Gasteiger partial charge in [-0.25, -0.2) is 4.79 Å². The van der Waals surface area contributed by atoms with Crippen molar-refractivity contribution in [1.82, 2.24) is 4.90 Å². The molecule has 4 N–H and O–H groups in total. The predicted octanol–water partition coefficient (Wildman–Crippen LogP) is 0.552. The summed E-state index contributed by atoms with van der Waals surface area (Å²) in [5, 5.41) is 19.2. The number of rotatable bonds is 4. The van der Waals surface area contributed by atoms with Crippen LogP contribution in [0.3, 0.4) is 0 Å². The van der Waals surface area contributed by atoms with Crippen molar-refractivity contribution in [2.45, 2.75) is 32.0 Å². The summed E-state index contributed by atoms with van der Waals surface area (Å²) in [7, 11) is 0. The molecule has 116 valence electrons. The van der Waals surface area contributed by atoms with Crippen LogP contribution in [-0.4, -0.2) is 39.1 Å². The molecule has 1 aromatic rings. The molecule has 1 saturated heterocycles. The number of nitrogens with two attached hydrogens (primary N) is 1. The fourth-order valence-corrected chi connectivity index (χ4v) is 3.37. The first kappa shape index (κ1) is 14.7. The number of nitrogens with zero attached hydrogens (tertiary/aromatic N) is 1. The van der Waals surface area contributed by atoms with Crippen LogP contribution in [0.5, 0.6) is 0 Å². The maximum absolute atomic E-state index is 12.1. The minimum atomic E-state index is -1.11. The zero-order chi connectivity index (χ0) is 16.0. The summed E-state index contributed by atoms with van der Waals surface area (Å²) in [6, 6.07) is 7.10. The van der Waals surface area contributed by atoms with Crippen LogP contribution < -0.4 is 5.73 Å². The molecule has 0 unspecified atom stereocenters. The standard InChI is InChI=1S/C16H18N2O4/c1-8(19)13-12-6-11(10-4-2-9(7-17)3-5-10)14(16(21)22)18(12)15(13)20/h2-5,8,12-13,19H,6-7,17H2,1H3,(H,21,22)/t8-,12-,13-/m1/s1. The summed E-state index contributed by atoms with van der Waals surface area (Å²) in [6.07, 6.45) is -0.326. The summed E-state index contributed by atoms with van der Waals surface area (Å²) < 4.78 is 0. The molecule has 1 amide bonds. The van der Waals surface area contributed by atoms with Crippen molar-refractivity contribution in [3.63, 3.8) is 0 Å². The molecule has 6 heteroatoms. The number of amides is 1.